The van der Waals surface area contributed by atoms with Crippen LogP contribution in [0.2, 0.25) is 0 Å². The minimum Gasteiger partial charge on any atom is -0.381 e. The largest absolute Gasteiger partial charge is 0.381 e. The Hall–Kier alpha value is -1.36. The van der Waals surface area contributed by atoms with Crippen molar-refractivity contribution in [3.05, 3.63) is 11.9 Å². The molecular formula is C13H22N4O. The molecule has 18 heavy (non-hydrogen) atoms. The Balaban J connectivity index is 2.04. The van der Waals surface area contributed by atoms with E-state index in [1.165, 1.54) is 0 Å². The van der Waals surface area contributed by atoms with Crippen molar-refractivity contribution >= 4 is 11.6 Å². The van der Waals surface area contributed by atoms with E-state index in [0.29, 0.717) is 12.0 Å². The summed E-state index contributed by atoms with van der Waals surface area (Å²) in [5.41, 5.74) is 1.07. The number of nitrogens with one attached hydrogen (secondary N) is 2. The van der Waals surface area contributed by atoms with E-state index >= 15 is 0 Å². The summed E-state index contributed by atoms with van der Waals surface area (Å²) in [6.45, 7) is 6.00. The molecule has 5 nitrogen and oxygen atoms in total. The van der Waals surface area contributed by atoms with Gasteiger partial charge in [-0.15, -0.1) is 0 Å². The van der Waals surface area contributed by atoms with Crippen LogP contribution < -0.4 is 10.6 Å². The van der Waals surface area contributed by atoms with Crippen LogP contribution in [0.5, 0.6) is 0 Å². The van der Waals surface area contributed by atoms with Gasteiger partial charge in [0.2, 0.25) is 0 Å². The molecule has 0 radical (unpaired) electrons. The number of ether oxygens (including phenoxy) is 1. The number of hydrogen-bond acceptors (Lipinski definition) is 5. The van der Waals surface area contributed by atoms with Gasteiger partial charge < -0.3 is 15.4 Å². The second-order valence-electron chi connectivity index (χ2n) is 4.83. The first-order chi connectivity index (χ1) is 8.72. The van der Waals surface area contributed by atoms with Crippen LogP contribution >= 0.6 is 0 Å². The van der Waals surface area contributed by atoms with Gasteiger partial charge in [0.05, 0.1) is 0 Å². The Bertz CT molecular complexity index is 391. The van der Waals surface area contributed by atoms with Gasteiger partial charge in [0.15, 0.2) is 0 Å². The Labute approximate surface area is 108 Å². The molecule has 5 heteroatoms. The van der Waals surface area contributed by atoms with Crippen LogP contribution in [-0.4, -0.2) is 36.3 Å². The lowest BCUT2D eigenvalue weighted by atomic mass is 9.93. The van der Waals surface area contributed by atoms with Crippen molar-refractivity contribution in [1.29, 1.82) is 0 Å². The highest BCUT2D eigenvalue weighted by atomic mass is 16.5. The average molecular weight is 250 g/mol. The summed E-state index contributed by atoms with van der Waals surface area (Å²) >= 11 is 0. The molecule has 1 aliphatic heterocycles. The lowest BCUT2D eigenvalue weighted by Crippen LogP contribution is -2.31. The van der Waals surface area contributed by atoms with Crippen molar-refractivity contribution in [2.75, 3.05) is 30.9 Å². The predicted molar refractivity (Wildman–Crippen MR) is 72.9 cm³/mol. The first-order valence-corrected chi connectivity index (χ1v) is 6.56. The fraction of sp³-hybridized carbons (Fsp3) is 0.692. The number of nitrogens with zero attached hydrogens (tertiary/aromatic N) is 2. The number of anilines is 2. The first kappa shape index (κ1) is 13.1. The van der Waals surface area contributed by atoms with E-state index in [-0.39, 0.29) is 0 Å². The third-order valence-corrected chi connectivity index (χ3v) is 3.66. The van der Waals surface area contributed by atoms with E-state index < -0.39 is 0 Å². The Kier molecular flexibility index (Phi) is 4.36. The zero-order valence-electron chi connectivity index (χ0n) is 11.4. The van der Waals surface area contributed by atoms with Gasteiger partial charge in [0, 0.05) is 31.9 Å². The normalized spacial score (nSPS) is 18.4. The number of rotatable bonds is 4. The van der Waals surface area contributed by atoms with E-state index in [9.17, 15) is 0 Å². The van der Waals surface area contributed by atoms with E-state index in [0.717, 1.165) is 43.3 Å². The number of aromatic nitrogens is 2. The summed E-state index contributed by atoms with van der Waals surface area (Å²) in [5.74, 6) is 2.46. The molecule has 1 saturated heterocycles. The molecule has 0 aromatic carbocycles. The predicted octanol–water partition coefficient (Wildman–Crippen LogP) is 2.05. The van der Waals surface area contributed by atoms with Crippen molar-refractivity contribution in [1.82, 2.24) is 9.97 Å². The van der Waals surface area contributed by atoms with Gasteiger partial charge in [-0.1, -0.05) is 0 Å². The Morgan fingerprint density at radius 2 is 1.94 bits per heavy atom. The maximum Gasteiger partial charge on any atom is 0.134 e. The van der Waals surface area contributed by atoms with E-state index in [2.05, 4.69) is 27.5 Å². The third kappa shape index (κ3) is 2.90. The van der Waals surface area contributed by atoms with E-state index in [1.807, 2.05) is 14.0 Å². The molecular weight excluding hydrogens is 228 g/mol. The highest BCUT2D eigenvalue weighted by Crippen LogP contribution is 2.24. The molecule has 1 fully saturated rings. The van der Waals surface area contributed by atoms with E-state index in [1.54, 1.807) is 6.33 Å². The molecule has 2 rings (SSSR count). The van der Waals surface area contributed by atoms with Crippen LogP contribution in [0.4, 0.5) is 11.6 Å². The summed E-state index contributed by atoms with van der Waals surface area (Å²) in [4.78, 5) is 8.52. The van der Waals surface area contributed by atoms with Gasteiger partial charge in [0.1, 0.15) is 18.0 Å². The van der Waals surface area contributed by atoms with Gasteiger partial charge in [-0.2, -0.15) is 0 Å². The molecule has 2 heterocycles. The lowest BCUT2D eigenvalue weighted by molar-refractivity contribution is 0.0622. The second kappa shape index (κ2) is 6.00. The summed E-state index contributed by atoms with van der Waals surface area (Å²) in [7, 11) is 1.88. The summed E-state index contributed by atoms with van der Waals surface area (Å²) in [6, 6.07) is 0.409. The molecule has 0 aliphatic carbocycles. The van der Waals surface area contributed by atoms with Crippen molar-refractivity contribution < 1.29 is 4.74 Å². The molecule has 1 aromatic rings. The first-order valence-electron chi connectivity index (χ1n) is 6.56. The van der Waals surface area contributed by atoms with Crippen molar-refractivity contribution in [2.45, 2.75) is 32.7 Å². The fourth-order valence-electron chi connectivity index (χ4n) is 2.40. The standard InChI is InChI=1S/C13H22N4O/c1-9-12(14-3)15-8-16-13(9)17-10(2)11-4-6-18-7-5-11/h8,10-11H,4-7H2,1-3H3,(H2,14,15,16,17). The maximum absolute atomic E-state index is 5.40. The topological polar surface area (TPSA) is 59.1 Å². The monoisotopic (exact) mass is 250 g/mol. The molecule has 0 bridgehead atoms. The van der Waals surface area contributed by atoms with Gasteiger partial charge in [0.25, 0.3) is 0 Å². The molecule has 0 amide bonds. The van der Waals surface area contributed by atoms with Crippen molar-refractivity contribution in [3.8, 4) is 0 Å². The Morgan fingerprint density at radius 3 is 2.61 bits per heavy atom. The van der Waals surface area contributed by atoms with Crippen molar-refractivity contribution in [3.63, 3.8) is 0 Å². The van der Waals surface area contributed by atoms with Crippen LogP contribution in [-0.2, 0) is 4.74 Å². The molecule has 0 saturated carbocycles. The smallest absolute Gasteiger partial charge is 0.134 e. The quantitative estimate of drug-likeness (QED) is 0.856. The lowest BCUT2D eigenvalue weighted by Gasteiger charge is -2.29. The van der Waals surface area contributed by atoms with Gasteiger partial charge in [-0.05, 0) is 32.6 Å². The molecule has 0 spiro atoms. The van der Waals surface area contributed by atoms with Gasteiger partial charge >= 0.3 is 0 Å². The third-order valence-electron chi connectivity index (χ3n) is 3.66. The minimum absolute atomic E-state index is 0.409. The second-order valence-corrected chi connectivity index (χ2v) is 4.83. The molecule has 1 aliphatic rings. The zero-order chi connectivity index (χ0) is 13.0. The summed E-state index contributed by atoms with van der Waals surface area (Å²) < 4.78 is 5.40. The summed E-state index contributed by atoms with van der Waals surface area (Å²) in [6.07, 6.45) is 3.84. The average Bonchev–Trinajstić information content (AvgIpc) is 2.42. The Morgan fingerprint density at radius 1 is 1.28 bits per heavy atom. The van der Waals surface area contributed by atoms with Crippen LogP contribution in [0.15, 0.2) is 6.33 Å². The van der Waals surface area contributed by atoms with E-state index in [4.69, 9.17) is 4.74 Å². The van der Waals surface area contributed by atoms with Crippen LogP contribution in [0.3, 0.4) is 0 Å². The van der Waals surface area contributed by atoms with Gasteiger partial charge in [-0.3, -0.25) is 0 Å². The summed E-state index contributed by atoms with van der Waals surface area (Å²) in [5, 5.41) is 6.59. The molecule has 1 aromatic heterocycles. The molecule has 2 N–H and O–H groups in total. The van der Waals surface area contributed by atoms with Crippen LogP contribution in [0.1, 0.15) is 25.3 Å². The fourth-order valence-corrected chi connectivity index (χ4v) is 2.40. The molecule has 100 valence electrons. The van der Waals surface area contributed by atoms with Crippen molar-refractivity contribution in [2.24, 2.45) is 5.92 Å². The zero-order valence-corrected chi connectivity index (χ0v) is 11.4. The molecule has 1 unspecified atom stereocenters. The van der Waals surface area contributed by atoms with Gasteiger partial charge in [-0.25, -0.2) is 9.97 Å². The molecule has 1 atom stereocenters. The van der Waals surface area contributed by atoms with Crippen LogP contribution in [0.25, 0.3) is 0 Å². The SMILES string of the molecule is CNc1ncnc(NC(C)C2CCOCC2)c1C. The highest BCUT2D eigenvalue weighted by Gasteiger charge is 2.21. The maximum atomic E-state index is 5.40. The minimum atomic E-state index is 0.409. The van der Waals surface area contributed by atoms with Crippen LogP contribution in [0, 0.1) is 12.8 Å². The highest BCUT2D eigenvalue weighted by molar-refractivity contribution is 5.56. The number of hydrogen-bond donors (Lipinski definition) is 2.